The molecule has 2 atom stereocenters. The van der Waals surface area contributed by atoms with Crippen molar-refractivity contribution in [1.82, 2.24) is 5.32 Å². The van der Waals surface area contributed by atoms with Crippen molar-refractivity contribution in [3.63, 3.8) is 0 Å². The molecule has 0 aliphatic carbocycles. The van der Waals surface area contributed by atoms with Crippen LogP contribution in [0.1, 0.15) is 28.4 Å². The average Bonchev–Trinajstić information content (AvgIpc) is 2.54. The Labute approximate surface area is 148 Å². The molecule has 0 saturated carbocycles. The number of carboxylic acids is 1. The highest BCUT2D eigenvalue weighted by Gasteiger charge is 2.33. The van der Waals surface area contributed by atoms with E-state index < -0.39 is 18.1 Å². The molecule has 1 aliphatic rings. The van der Waals surface area contributed by atoms with E-state index in [0.29, 0.717) is 26.9 Å². The van der Waals surface area contributed by atoms with E-state index in [2.05, 4.69) is 10.6 Å². The summed E-state index contributed by atoms with van der Waals surface area (Å²) in [5, 5.41) is 15.9. The molecule has 0 bridgehead atoms. The van der Waals surface area contributed by atoms with Gasteiger partial charge >= 0.3 is 5.97 Å². The quantitative estimate of drug-likeness (QED) is 0.775. The molecule has 1 amide bonds. The summed E-state index contributed by atoms with van der Waals surface area (Å²) in [7, 11) is 0. The van der Waals surface area contributed by atoms with Gasteiger partial charge in [0, 0.05) is 33.3 Å². The van der Waals surface area contributed by atoms with E-state index in [0.717, 1.165) is 0 Å². The first-order valence-electron chi connectivity index (χ1n) is 7.30. The van der Waals surface area contributed by atoms with Crippen LogP contribution in [0.5, 0.6) is 0 Å². The van der Waals surface area contributed by atoms with E-state index in [4.69, 9.17) is 23.2 Å². The SMILES string of the molecule is O=C(N[C@H]1C[C@H](C(=O)O)Nc2cc(Cl)cc(Cl)c21)c1ccccc1. The Bertz CT molecular complexity index is 796. The molecule has 5 nitrogen and oxygen atoms in total. The smallest absolute Gasteiger partial charge is 0.326 e. The lowest BCUT2D eigenvalue weighted by molar-refractivity contribution is -0.138. The van der Waals surface area contributed by atoms with Crippen molar-refractivity contribution in [2.24, 2.45) is 0 Å². The lowest BCUT2D eigenvalue weighted by Crippen LogP contribution is -2.41. The number of fused-ring (bicyclic) bond motifs is 1. The molecule has 0 aromatic heterocycles. The largest absolute Gasteiger partial charge is 0.480 e. The summed E-state index contributed by atoms with van der Waals surface area (Å²) in [4.78, 5) is 23.8. The number of anilines is 1. The van der Waals surface area contributed by atoms with Gasteiger partial charge in [0.25, 0.3) is 5.91 Å². The number of hydrogen-bond acceptors (Lipinski definition) is 3. The highest BCUT2D eigenvalue weighted by molar-refractivity contribution is 6.35. The highest BCUT2D eigenvalue weighted by Crippen LogP contribution is 2.39. The highest BCUT2D eigenvalue weighted by atomic mass is 35.5. The summed E-state index contributed by atoms with van der Waals surface area (Å²) in [6.45, 7) is 0. The first kappa shape index (κ1) is 16.6. The van der Waals surface area contributed by atoms with Crippen LogP contribution in [0.2, 0.25) is 10.0 Å². The molecular weight excluding hydrogens is 351 g/mol. The zero-order chi connectivity index (χ0) is 17.3. The van der Waals surface area contributed by atoms with E-state index in [1.165, 1.54) is 0 Å². The number of benzene rings is 2. The summed E-state index contributed by atoms with van der Waals surface area (Å²) in [5.41, 5.74) is 1.65. The number of carbonyl (C=O) groups is 2. The summed E-state index contributed by atoms with van der Waals surface area (Å²) in [6.07, 6.45) is 0.183. The van der Waals surface area contributed by atoms with Crippen molar-refractivity contribution in [3.05, 3.63) is 63.6 Å². The van der Waals surface area contributed by atoms with E-state index in [1.807, 2.05) is 6.07 Å². The van der Waals surface area contributed by atoms with E-state index in [9.17, 15) is 14.7 Å². The number of carboxylic acid groups (broad SMARTS) is 1. The molecule has 1 heterocycles. The summed E-state index contributed by atoms with van der Waals surface area (Å²) < 4.78 is 0. The van der Waals surface area contributed by atoms with Gasteiger partial charge in [-0.2, -0.15) is 0 Å². The van der Waals surface area contributed by atoms with Gasteiger partial charge in [0.2, 0.25) is 0 Å². The maximum atomic E-state index is 12.4. The second kappa shape index (κ2) is 6.71. The number of nitrogens with one attached hydrogen (secondary N) is 2. The van der Waals surface area contributed by atoms with E-state index in [1.54, 1.807) is 36.4 Å². The van der Waals surface area contributed by atoms with Gasteiger partial charge in [0.15, 0.2) is 0 Å². The third-order valence-corrected chi connectivity index (χ3v) is 4.41. The maximum absolute atomic E-state index is 12.4. The normalized spacial score (nSPS) is 19.1. The van der Waals surface area contributed by atoms with Gasteiger partial charge in [-0.1, -0.05) is 41.4 Å². The minimum atomic E-state index is -1.00. The van der Waals surface area contributed by atoms with Crippen molar-refractivity contribution < 1.29 is 14.7 Å². The third kappa shape index (κ3) is 3.32. The molecule has 3 rings (SSSR count). The Morgan fingerprint density at radius 1 is 1.17 bits per heavy atom. The van der Waals surface area contributed by atoms with Crippen molar-refractivity contribution in [2.75, 3.05) is 5.32 Å². The van der Waals surface area contributed by atoms with Crippen LogP contribution in [0.15, 0.2) is 42.5 Å². The van der Waals surface area contributed by atoms with Crippen LogP contribution in [0, 0.1) is 0 Å². The Kier molecular flexibility index (Phi) is 4.64. The van der Waals surface area contributed by atoms with Crippen LogP contribution in [0.4, 0.5) is 5.69 Å². The zero-order valence-electron chi connectivity index (χ0n) is 12.4. The molecule has 7 heteroatoms. The van der Waals surface area contributed by atoms with Gasteiger partial charge in [0.05, 0.1) is 6.04 Å². The zero-order valence-corrected chi connectivity index (χ0v) is 13.9. The Morgan fingerprint density at radius 3 is 2.54 bits per heavy atom. The average molecular weight is 365 g/mol. The molecule has 0 spiro atoms. The topological polar surface area (TPSA) is 78.4 Å². The molecule has 0 unspecified atom stereocenters. The number of hydrogen-bond donors (Lipinski definition) is 3. The maximum Gasteiger partial charge on any atom is 0.326 e. The predicted octanol–water partition coefficient (Wildman–Crippen LogP) is 3.73. The van der Waals surface area contributed by atoms with Gasteiger partial charge in [-0.15, -0.1) is 0 Å². The van der Waals surface area contributed by atoms with Crippen molar-refractivity contribution >= 4 is 40.8 Å². The molecule has 3 N–H and O–H groups in total. The van der Waals surface area contributed by atoms with Gasteiger partial charge < -0.3 is 15.7 Å². The molecule has 0 radical (unpaired) electrons. The monoisotopic (exact) mass is 364 g/mol. The fraction of sp³-hybridized carbons (Fsp3) is 0.176. The number of aliphatic carboxylic acids is 1. The minimum absolute atomic E-state index is 0.183. The lowest BCUT2D eigenvalue weighted by Gasteiger charge is -2.32. The molecule has 24 heavy (non-hydrogen) atoms. The summed E-state index contributed by atoms with van der Waals surface area (Å²) >= 11 is 12.3. The molecular formula is C17H14Cl2N2O3. The van der Waals surface area contributed by atoms with Gasteiger partial charge in [-0.25, -0.2) is 4.79 Å². The molecule has 0 fully saturated rings. The second-order valence-corrected chi connectivity index (χ2v) is 6.36. The van der Waals surface area contributed by atoms with E-state index >= 15 is 0 Å². The fourth-order valence-electron chi connectivity index (χ4n) is 2.78. The van der Waals surface area contributed by atoms with Crippen LogP contribution in [0.25, 0.3) is 0 Å². The van der Waals surface area contributed by atoms with E-state index in [-0.39, 0.29) is 12.3 Å². The predicted molar refractivity (Wildman–Crippen MR) is 92.8 cm³/mol. The number of rotatable bonds is 3. The fourth-order valence-corrected chi connectivity index (χ4v) is 3.41. The Balaban J connectivity index is 1.95. The van der Waals surface area contributed by atoms with Gasteiger partial charge in [-0.05, 0) is 24.3 Å². The minimum Gasteiger partial charge on any atom is -0.480 e. The van der Waals surface area contributed by atoms with Crippen LogP contribution < -0.4 is 10.6 Å². The van der Waals surface area contributed by atoms with Gasteiger partial charge in [0.1, 0.15) is 6.04 Å². The first-order valence-corrected chi connectivity index (χ1v) is 8.05. The van der Waals surface area contributed by atoms with Gasteiger partial charge in [-0.3, -0.25) is 4.79 Å². The molecule has 2 aromatic carbocycles. The number of amides is 1. The molecule has 2 aromatic rings. The molecule has 0 saturated heterocycles. The Morgan fingerprint density at radius 2 is 1.88 bits per heavy atom. The summed E-state index contributed by atoms with van der Waals surface area (Å²) in [5.74, 6) is -1.29. The van der Waals surface area contributed by atoms with Crippen molar-refractivity contribution in [2.45, 2.75) is 18.5 Å². The standard InChI is InChI=1S/C17H14Cl2N2O3/c18-10-6-11(19)15-12(7-10)20-14(17(23)24)8-13(15)21-16(22)9-4-2-1-3-5-9/h1-7,13-14,20H,8H2,(H,21,22)(H,23,24)/t13-,14+/m0/s1. The van der Waals surface area contributed by atoms with Crippen molar-refractivity contribution in [3.8, 4) is 0 Å². The van der Waals surface area contributed by atoms with Crippen LogP contribution >= 0.6 is 23.2 Å². The lowest BCUT2D eigenvalue weighted by atomic mass is 9.92. The van der Waals surface area contributed by atoms with Crippen LogP contribution in [-0.4, -0.2) is 23.0 Å². The molecule has 1 aliphatic heterocycles. The Hall–Kier alpha value is -2.24. The second-order valence-electron chi connectivity index (χ2n) is 5.51. The van der Waals surface area contributed by atoms with Crippen LogP contribution in [0.3, 0.4) is 0 Å². The molecule has 124 valence electrons. The number of halogens is 2. The number of carbonyl (C=O) groups excluding carboxylic acids is 1. The third-order valence-electron chi connectivity index (χ3n) is 3.88. The van der Waals surface area contributed by atoms with Crippen LogP contribution in [-0.2, 0) is 4.79 Å². The van der Waals surface area contributed by atoms with Crippen molar-refractivity contribution in [1.29, 1.82) is 0 Å². The summed E-state index contributed by atoms with van der Waals surface area (Å²) in [6, 6.07) is 10.5. The first-order chi connectivity index (χ1) is 11.5.